The van der Waals surface area contributed by atoms with E-state index in [-0.39, 0.29) is 5.84 Å². The quantitative estimate of drug-likeness (QED) is 0.619. The van der Waals surface area contributed by atoms with E-state index in [0.29, 0.717) is 0 Å². The van der Waals surface area contributed by atoms with Gasteiger partial charge >= 0.3 is 0 Å². The molecule has 0 saturated carbocycles. The van der Waals surface area contributed by atoms with Gasteiger partial charge in [-0.25, -0.2) is 0 Å². The fraction of sp³-hybridized carbons (Fsp3) is 0.562. The zero-order valence-electron chi connectivity index (χ0n) is 12.3. The van der Waals surface area contributed by atoms with Gasteiger partial charge in [-0.05, 0) is 50.1 Å². The van der Waals surface area contributed by atoms with Crippen LogP contribution in [-0.4, -0.2) is 36.5 Å². The molecule has 1 aliphatic rings. The zero-order valence-corrected chi connectivity index (χ0v) is 12.3. The monoisotopic (exact) mass is 275 g/mol. The van der Waals surface area contributed by atoms with Crippen LogP contribution >= 0.6 is 0 Å². The van der Waals surface area contributed by atoms with Crippen LogP contribution < -0.4 is 10.5 Å². The van der Waals surface area contributed by atoms with Crippen LogP contribution in [-0.2, 0) is 0 Å². The van der Waals surface area contributed by atoms with E-state index in [2.05, 4.69) is 11.8 Å². The number of rotatable bonds is 6. The molecule has 110 valence electrons. The minimum Gasteiger partial charge on any atom is -0.492 e. The fourth-order valence-corrected chi connectivity index (χ4v) is 2.83. The van der Waals surface area contributed by atoms with Crippen molar-refractivity contribution in [1.29, 1.82) is 5.41 Å². The maximum absolute atomic E-state index is 7.35. The van der Waals surface area contributed by atoms with E-state index in [1.165, 1.54) is 32.2 Å². The van der Waals surface area contributed by atoms with Gasteiger partial charge in [0.25, 0.3) is 0 Å². The first kappa shape index (κ1) is 14.9. The van der Waals surface area contributed by atoms with E-state index in [1.54, 1.807) is 0 Å². The van der Waals surface area contributed by atoms with Crippen LogP contribution in [0.15, 0.2) is 24.3 Å². The maximum Gasteiger partial charge on any atom is 0.122 e. The van der Waals surface area contributed by atoms with E-state index in [1.807, 2.05) is 24.3 Å². The fourth-order valence-electron chi connectivity index (χ4n) is 2.83. The molecule has 3 N–H and O–H groups in total. The van der Waals surface area contributed by atoms with Crippen molar-refractivity contribution >= 4 is 5.84 Å². The number of piperidine rings is 1. The van der Waals surface area contributed by atoms with Crippen molar-refractivity contribution in [3.05, 3.63) is 29.8 Å². The van der Waals surface area contributed by atoms with Gasteiger partial charge in [-0.3, -0.25) is 10.3 Å². The molecular formula is C16H25N3O. The van der Waals surface area contributed by atoms with Crippen LogP contribution in [0.3, 0.4) is 0 Å². The minimum absolute atomic E-state index is 0.0932. The molecular weight excluding hydrogens is 250 g/mol. The van der Waals surface area contributed by atoms with Gasteiger partial charge in [0.05, 0.1) is 0 Å². The molecule has 0 aromatic heterocycles. The Labute approximate surface area is 121 Å². The number of likely N-dealkylation sites (tertiary alicyclic amines) is 1. The number of nitrogens with one attached hydrogen (secondary N) is 1. The molecule has 1 unspecified atom stereocenters. The standard InChI is InChI=1S/C16H25N3O/c1-2-14-5-3-4-10-19(14)11-12-20-15-8-6-13(7-9-15)16(17)18/h6-9,14H,2-5,10-12H2,1H3,(H3,17,18). The lowest BCUT2D eigenvalue weighted by atomic mass is 10.0. The molecule has 4 heteroatoms. The molecule has 1 aliphatic heterocycles. The summed E-state index contributed by atoms with van der Waals surface area (Å²) < 4.78 is 5.78. The van der Waals surface area contributed by atoms with Crippen molar-refractivity contribution in [2.24, 2.45) is 5.73 Å². The van der Waals surface area contributed by atoms with Crippen molar-refractivity contribution in [3.8, 4) is 5.75 Å². The molecule has 4 nitrogen and oxygen atoms in total. The molecule has 1 saturated heterocycles. The Bertz CT molecular complexity index is 430. The highest BCUT2D eigenvalue weighted by Gasteiger charge is 2.20. The lowest BCUT2D eigenvalue weighted by Crippen LogP contribution is -2.41. The molecule has 1 atom stereocenters. The first-order valence-electron chi connectivity index (χ1n) is 7.52. The number of amidine groups is 1. The smallest absolute Gasteiger partial charge is 0.122 e. The van der Waals surface area contributed by atoms with Crippen LogP contribution in [0.4, 0.5) is 0 Å². The Kier molecular flexibility index (Phi) is 5.41. The molecule has 1 aromatic rings. The Morgan fingerprint density at radius 2 is 2.10 bits per heavy atom. The summed E-state index contributed by atoms with van der Waals surface area (Å²) in [4.78, 5) is 2.55. The summed E-state index contributed by atoms with van der Waals surface area (Å²) in [6.07, 6.45) is 5.23. The maximum atomic E-state index is 7.35. The van der Waals surface area contributed by atoms with Crippen molar-refractivity contribution in [3.63, 3.8) is 0 Å². The molecule has 1 heterocycles. The normalized spacial score (nSPS) is 19.8. The Balaban J connectivity index is 1.78. The topological polar surface area (TPSA) is 62.3 Å². The highest BCUT2D eigenvalue weighted by Crippen LogP contribution is 2.19. The van der Waals surface area contributed by atoms with Gasteiger partial charge in [0.15, 0.2) is 0 Å². The highest BCUT2D eigenvalue weighted by molar-refractivity contribution is 5.94. The molecule has 20 heavy (non-hydrogen) atoms. The van der Waals surface area contributed by atoms with Gasteiger partial charge in [0.1, 0.15) is 18.2 Å². The lowest BCUT2D eigenvalue weighted by molar-refractivity contribution is 0.120. The molecule has 0 spiro atoms. The van der Waals surface area contributed by atoms with Gasteiger partial charge in [0, 0.05) is 18.2 Å². The van der Waals surface area contributed by atoms with E-state index >= 15 is 0 Å². The third kappa shape index (κ3) is 3.97. The molecule has 0 radical (unpaired) electrons. The molecule has 0 amide bonds. The van der Waals surface area contributed by atoms with Crippen LogP contribution in [0.5, 0.6) is 5.75 Å². The van der Waals surface area contributed by atoms with Crippen molar-refractivity contribution < 1.29 is 4.74 Å². The highest BCUT2D eigenvalue weighted by atomic mass is 16.5. The zero-order chi connectivity index (χ0) is 14.4. The Morgan fingerprint density at radius 3 is 2.75 bits per heavy atom. The van der Waals surface area contributed by atoms with Crippen molar-refractivity contribution in [2.45, 2.75) is 38.6 Å². The third-order valence-corrected chi connectivity index (χ3v) is 4.03. The summed E-state index contributed by atoms with van der Waals surface area (Å²) in [5.74, 6) is 0.940. The Morgan fingerprint density at radius 1 is 1.35 bits per heavy atom. The third-order valence-electron chi connectivity index (χ3n) is 4.03. The van der Waals surface area contributed by atoms with Crippen molar-refractivity contribution in [2.75, 3.05) is 19.7 Å². The minimum atomic E-state index is 0.0932. The predicted molar refractivity (Wildman–Crippen MR) is 82.5 cm³/mol. The molecule has 1 fully saturated rings. The van der Waals surface area contributed by atoms with Crippen LogP contribution in [0, 0.1) is 5.41 Å². The Hall–Kier alpha value is -1.55. The average Bonchev–Trinajstić information content (AvgIpc) is 2.48. The summed E-state index contributed by atoms with van der Waals surface area (Å²) in [6.45, 7) is 5.18. The number of ether oxygens (including phenoxy) is 1. The number of benzene rings is 1. The molecule has 1 aromatic carbocycles. The molecule has 2 rings (SSSR count). The predicted octanol–water partition coefficient (Wildman–Crippen LogP) is 2.61. The molecule has 0 aliphatic carbocycles. The summed E-state index contributed by atoms with van der Waals surface area (Å²) in [6, 6.07) is 8.14. The number of hydrogen-bond donors (Lipinski definition) is 2. The van der Waals surface area contributed by atoms with Gasteiger partial charge in [-0.1, -0.05) is 13.3 Å². The number of hydrogen-bond acceptors (Lipinski definition) is 3. The van der Waals surface area contributed by atoms with Gasteiger partial charge < -0.3 is 10.5 Å². The van der Waals surface area contributed by atoms with Crippen LogP contribution in [0.1, 0.15) is 38.2 Å². The summed E-state index contributed by atoms with van der Waals surface area (Å²) in [5.41, 5.74) is 6.16. The molecule has 0 bridgehead atoms. The largest absolute Gasteiger partial charge is 0.492 e. The number of nitrogens with two attached hydrogens (primary N) is 1. The van der Waals surface area contributed by atoms with E-state index in [9.17, 15) is 0 Å². The average molecular weight is 275 g/mol. The summed E-state index contributed by atoms with van der Waals surface area (Å²) >= 11 is 0. The summed E-state index contributed by atoms with van der Waals surface area (Å²) in [7, 11) is 0. The van der Waals surface area contributed by atoms with Crippen LogP contribution in [0.2, 0.25) is 0 Å². The van der Waals surface area contributed by atoms with E-state index in [4.69, 9.17) is 15.9 Å². The van der Waals surface area contributed by atoms with Gasteiger partial charge in [0.2, 0.25) is 0 Å². The lowest BCUT2D eigenvalue weighted by Gasteiger charge is -2.34. The van der Waals surface area contributed by atoms with Gasteiger partial charge in [-0.15, -0.1) is 0 Å². The second kappa shape index (κ2) is 7.29. The van der Waals surface area contributed by atoms with Gasteiger partial charge in [-0.2, -0.15) is 0 Å². The SMILES string of the molecule is CCC1CCCCN1CCOc1ccc(C(=N)N)cc1. The van der Waals surface area contributed by atoms with E-state index in [0.717, 1.165) is 30.5 Å². The first-order chi connectivity index (χ1) is 9.70. The van der Waals surface area contributed by atoms with Crippen molar-refractivity contribution in [1.82, 2.24) is 4.90 Å². The number of nitrogen functional groups attached to an aromatic ring is 1. The first-order valence-corrected chi connectivity index (χ1v) is 7.52. The number of nitrogens with zero attached hydrogens (tertiary/aromatic N) is 1. The summed E-state index contributed by atoms with van der Waals surface area (Å²) in [5, 5.41) is 7.35. The second-order valence-corrected chi connectivity index (χ2v) is 5.38. The van der Waals surface area contributed by atoms with Crippen LogP contribution in [0.25, 0.3) is 0 Å². The second-order valence-electron chi connectivity index (χ2n) is 5.38. The van der Waals surface area contributed by atoms with E-state index < -0.39 is 0 Å².